The summed E-state index contributed by atoms with van der Waals surface area (Å²) >= 11 is 4.88. The predicted molar refractivity (Wildman–Crippen MR) is 40.8 cm³/mol. The predicted octanol–water partition coefficient (Wildman–Crippen LogP) is 2.55. The second kappa shape index (κ2) is 3.96. The van der Waals surface area contributed by atoms with Crippen molar-refractivity contribution in [2.24, 2.45) is 0 Å². The van der Waals surface area contributed by atoms with Crippen molar-refractivity contribution in [2.45, 2.75) is 6.42 Å². The van der Waals surface area contributed by atoms with Crippen molar-refractivity contribution in [1.82, 2.24) is 0 Å². The smallest absolute Gasteiger partial charge is 0.226 e. The first-order valence-corrected chi connectivity index (χ1v) is 3.81. The van der Waals surface area contributed by atoms with E-state index in [1.807, 2.05) is 0 Å². The first-order chi connectivity index (χ1) is 6.43. The molecule has 0 saturated carbocycles. The monoisotopic (exact) mass is 226 g/mol. The third-order valence-corrected chi connectivity index (χ3v) is 1.64. The van der Waals surface area contributed by atoms with Crippen molar-refractivity contribution in [3.63, 3.8) is 0 Å². The van der Waals surface area contributed by atoms with Crippen molar-refractivity contribution < 1.29 is 22.4 Å². The third-order valence-electron chi connectivity index (χ3n) is 1.51. The summed E-state index contributed by atoms with van der Waals surface area (Å²) in [5.41, 5.74) is -0.610. The van der Waals surface area contributed by atoms with Crippen LogP contribution in [0, 0.1) is 23.3 Å². The minimum Gasteiger partial charge on any atom is -0.281 e. The Balaban J connectivity index is 3.25. The highest BCUT2D eigenvalue weighted by molar-refractivity contribution is 6.63. The molecule has 0 aliphatic rings. The van der Waals surface area contributed by atoms with Gasteiger partial charge in [-0.15, -0.1) is 0 Å². The molecule has 0 heterocycles. The van der Waals surface area contributed by atoms with E-state index in [0.717, 1.165) is 0 Å². The zero-order valence-corrected chi connectivity index (χ0v) is 7.34. The number of carbonyl (C=O) groups is 1. The first-order valence-electron chi connectivity index (χ1n) is 3.43. The number of hydrogen-bond acceptors (Lipinski definition) is 1. The summed E-state index contributed by atoms with van der Waals surface area (Å²) in [5.74, 6) is -7.01. The molecule has 0 radical (unpaired) electrons. The second-order valence-electron chi connectivity index (χ2n) is 2.49. The molecule has 0 aromatic heterocycles. The minimum absolute atomic E-state index is 0.397. The molecule has 0 unspecified atom stereocenters. The van der Waals surface area contributed by atoms with Gasteiger partial charge in [0.15, 0.2) is 23.3 Å². The lowest BCUT2D eigenvalue weighted by molar-refractivity contribution is -0.111. The Bertz CT molecular complexity index is 391. The molecule has 14 heavy (non-hydrogen) atoms. The molecule has 0 saturated heterocycles. The van der Waals surface area contributed by atoms with Crippen molar-refractivity contribution in [2.75, 3.05) is 0 Å². The average molecular weight is 227 g/mol. The molecular formula is C8H3ClF4O. The van der Waals surface area contributed by atoms with Crippen LogP contribution in [0.5, 0.6) is 0 Å². The van der Waals surface area contributed by atoms with E-state index in [4.69, 9.17) is 11.6 Å². The van der Waals surface area contributed by atoms with Gasteiger partial charge in [-0.2, -0.15) is 0 Å². The summed E-state index contributed by atoms with van der Waals surface area (Å²) in [4.78, 5) is 10.3. The fourth-order valence-corrected chi connectivity index (χ4v) is 1.04. The largest absolute Gasteiger partial charge is 0.281 e. The number of halogens is 5. The molecule has 1 rings (SSSR count). The van der Waals surface area contributed by atoms with E-state index in [0.29, 0.717) is 6.07 Å². The Morgan fingerprint density at radius 1 is 1.14 bits per heavy atom. The lowest BCUT2D eigenvalue weighted by Crippen LogP contribution is -2.04. The van der Waals surface area contributed by atoms with Gasteiger partial charge in [0.2, 0.25) is 5.24 Å². The average Bonchev–Trinajstić information content (AvgIpc) is 2.10. The molecule has 0 aliphatic carbocycles. The molecule has 0 atom stereocenters. The van der Waals surface area contributed by atoms with Crippen LogP contribution in [0.4, 0.5) is 17.6 Å². The molecule has 0 N–H and O–H groups in total. The molecule has 0 spiro atoms. The number of benzene rings is 1. The number of hydrogen-bond donors (Lipinski definition) is 0. The summed E-state index contributed by atoms with van der Waals surface area (Å²) in [6, 6.07) is 0.397. The van der Waals surface area contributed by atoms with Crippen molar-refractivity contribution in [3.05, 3.63) is 34.9 Å². The van der Waals surface area contributed by atoms with Crippen molar-refractivity contribution in [3.8, 4) is 0 Å². The quantitative estimate of drug-likeness (QED) is 0.328. The van der Waals surface area contributed by atoms with Gasteiger partial charge < -0.3 is 0 Å². The number of rotatable bonds is 2. The summed E-state index contributed by atoms with van der Waals surface area (Å²) in [6.45, 7) is 0. The number of carbonyl (C=O) groups excluding carboxylic acids is 1. The molecule has 0 fully saturated rings. The van der Waals surface area contributed by atoms with E-state index in [1.165, 1.54) is 0 Å². The maximum absolute atomic E-state index is 12.8. The SMILES string of the molecule is O=C(Cl)Cc1cc(F)c(F)c(F)c1F. The Kier molecular flexibility index (Phi) is 3.10. The molecule has 1 aromatic carbocycles. The van der Waals surface area contributed by atoms with Gasteiger partial charge in [-0.1, -0.05) is 0 Å². The van der Waals surface area contributed by atoms with Gasteiger partial charge in [0, 0.05) is 12.0 Å². The highest BCUT2D eigenvalue weighted by Crippen LogP contribution is 2.19. The molecule has 0 aliphatic heterocycles. The van der Waals surface area contributed by atoms with E-state index in [2.05, 4.69) is 0 Å². The Morgan fingerprint density at radius 2 is 1.71 bits per heavy atom. The normalized spacial score (nSPS) is 10.4. The van der Waals surface area contributed by atoms with Gasteiger partial charge in [0.1, 0.15) is 0 Å². The van der Waals surface area contributed by atoms with E-state index in [-0.39, 0.29) is 0 Å². The van der Waals surface area contributed by atoms with Crippen LogP contribution in [-0.2, 0) is 11.2 Å². The fourth-order valence-electron chi connectivity index (χ4n) is 0.900. The van der Waals surface area contributed by atoms with Crippen LogP contribution in [0.3, 0.4) is 0 Å². The highest BCUT2D eigenvalue weighted by atomic mass is 35.5. The first kappa shape index (κ1) is 11.0. The van der Waals surface area contributed by atoms with Gasteiger partial charge in [-0.25, -0.2) is 17.6 Å². The van der Waals surface area contributed by atoms with E-state index >= 15 is 0 Å². The molecule has 0 bridgehead atoms. The molecule has 6 heteroatoms. The Morgan fingerprint density at radius 3 is 2.21 bits per heavy atom. The molecule has 0 amide bonds. The van der Waals surface area contributed by atoms with Gasteiger partial charge >= 0.3 is 0 Å². The zero-order valence-electron chi connectivity index (χ0n) is 6.58. The standard InChI is InChI=1S/C8H3ClF4O/c9-5(14)2-3-1-4(10)7(12)8(13)6(3)11/h1H,2H2. The fraction of sp³-hybridized carbons (Fsp3) is 0.125. The van der Waals surface area contributed by atoms with Crippen LogP contribution in [0.25, 0.3) is 0 Å². The van der Waals surface area contributed by atoms with E-state index < -0.39 is 40.5 Å². The lowest BCUT2D eigenvalue weighted by atomic mass is 10.1. The van der Waals surface area contributed by atoms with Crippen LogP contribution in [-0.4, -0.2) is 5.24 Å². The van der Waals surface area contributed by atoms with E-state index in [9.17, 15) is 22.4 Å². The van der Waals surface area contributed by atoms with Crippen molar-refractivity contribution >= 4 is 16.8 Å². The van der Waals surface area contributed by atoms with Gasteiger partial charge in [-0.05, 0) is 17.7 Å². The topological polar surface area (TPSA) is 17.1 Å². The van der Waals surface area contributed by atoms with Crippen LogP contribution >= 0.6 is 11.6 Å². The highest BCUT2D eigenvalue weighted by Gasteiger charge is 2.19. The lowest BCUT2D eigenvalue weighted by Gasteiger charge is -2.02. The molecule has 76 valence electrons. The Hall–Kier alpha value is -1.10. The summed E-state index contributed by atoms with van der Waals surface area (Å²) in [7, 11) is 0. The second-order valence-corrected chi connectivity index (χ2v) is 2.91. The van der Waals surface area contributed by atoms with E-state index in [1.54, 1.807) is 0 Å². The van der Waals surface area contributed by atoms with Crippen LogP contribution < -0.4 is 0 Å². The maximum Gasteiger partial charge on any atom is 0.226 e. The Labute approximate surface area is 81.3 Å². The molecule has 1 aromatic rings. The minimum atomic E-state index is -1.95. The van der Waals surface area contributed by atoms with Crippen LogP contribution in [0.1, 0.15) is 5.56 Å². The van der Waals surface area contributed by atoms with Gasteiger partial charge in [-0.3, -0.25) is 4.79 Å². The van der Waals surface area contributed by atoms with Crippen LogP contribution in [0.2, 0.25) is 0 Å². The van der Waals surface area contributed by atoms with Crippen LogP contribution in [0.15, 0.2) is 6.07 Å². The zero-order chi connectivity index (χ0) is 10.9. The molecule has 1 nitrogen and oxygen atoms in total. The summed E-state index contributed by atoms with van der Waals surface area (Å²) < 4.78 is 50.3. The third kappa shape index (κ3) is 2.04. The summed E-state index contributed by atoms with van der Waals surface area (Å²) in [6.07, 6.45) is -0.693. The maximum atomic E-state index is 12.8. The van der Waals surface area contributed by atoms with Gasteiger partial charge in [0.25, 0.3) is 0 Å². The van der Waals surface area contributed by atoms with Gasteiger partial charge in [0.05, 0.1) is 0 Å². The molecular weight excluding hydrogens is 224 g/mol. The van der Waals surface area contributed by atoms with Crippen molar-refractivity contribution in [1.29, 1.82) is 0 Å². The summed E-state index contributed by atoms with van der Waals surface area (Å²) in [5, 5.41) is -0.991.